The summed E-state index contributed by atoms with van der Waals surface area (Å²) in [7, 11) is 0. The molecule has 186 valence electrons. The number of carbonyl (C=O) groups is 3. The Kier molecular flexibility index (Phi) is 6.95. The Labute approximate surface area is 211 Å². The van der Waals surface area contributed by atoms with E-state index in [1.807, 2.05) is 17.5 Å². The van der Waals surface area contributed by atoms with Gasteiger partial charge in [0.1, 0.15) is 18.5 Å². The molecule has 1 saturated heterocycles. The molecule has 1 aliphatic carbocycles. The number of amides is 3. The fourth-order valence-electron chi connectivity index (χ4n) is 4.01. The molecule has 8 nitrogen and oxygen atoms in total. The number of nitrogens with zero attached hydrogens (tertiary/aromatic N) is 2. The number of carbonyl (C=O) groups excluding carboxylic acids is 3. The van der Waals surface area contributed by atoms with Crippen molar-refractivity contribution in [1.82, 2.24) is 15.2 Å². The Morgan fingerprint density at radius 1 is 1.06 bits per heavy atom. The minimum Gasteiger partial charge on any atom is -0.445 e. The quantitative estimate of drug-likeness (QED) is 0.487. The molecule has 0 radical (unpaired) electrons. The van der Waals surface area contributed by atoms with Crippen LogP contribution in [0.1, 0.15) is 41.6 Å². The summed E-state index contributed by atoms with van der Waals surface area (Å²) in [6.07, 6.45) is 2.70. The molecule has 2 fully saturated rings. The van der Waals surface area contributed by atoms with Crippen LogP contribution in [0.2, 0.25) is 0 Å². The fraction of sp³-hybridized carbons (Fsp3) is 0.308. The van der Waals surface area contributed by atoms with Crippen LogP contribution in [-0.4, -0.2) is 46.4 Å². The zero-order valence-electron chi connectivity index (χ0n) is 19.4. The number of ether oxygens (including phenoxy) is 1. The highest BCUT2D eigenvalue weighted by molar-refractivity contribution is 7.14. The van der Waals surface area contributed by atoms with Crippen molar-refractivity contribution in [3.8, 4) is 11.3 Å². The molecule has 5 rings (SSSR count). The third kappa shape index (κ3) is 5.71. The van der Waals surface area contributed by atoms with Crippen LogP contribution in [0.15, 0.2) is 53.9 Å². The summed E-state index contributed by atoms with van der Waals surface area (Å²) in [5.41, 5.74) is 2.78. The van der Waals surface area contributed by atoms with Crippen LogP contribution in [-0.2, 0) is 16.1 Å². The van der Waals surface area contributed by atoms with E-state index >= 15 is 0 Å². The van der Waals surface area contributed by atoms with Gasteiger partial charge in [0.25, 0.3) is 5.91 Å². The topological polar surface area (TPSA) is 101 Å². The molecule has 1 saturated carbocycles. The first-order chi connectivity index (χ1) is 17.5. The minimum atomic E-state index is -0.651. The van der Waals surface area contributed by atoms with Crippen LogP contribution >= 0.6 is 11.3 Å². The van der Waals surface area contributed by atoms with E-state index in [1.165, 1.54) is 28.4 Å². The molecule has 0 spiro atoms. The normalized spacial score (nSPS) is 17.0. The first kappa shape index (κ1) is 23.9. The van der Waals surface area contributed by atoms with E-state index in [0.29, 0.717) is 47.4 Å². The Morgan fingerprint density at radius 3 is 2.53 bits per heavy atom. The molecule has 3 aromatic rings. The lowest BCUT2D eigenvalue weighted by Gasteiger charge is -2.22. The third-order valence-electron chi connectivity index (χ3n) is 6.16. The molecule has 1 atom stereocenters. The molecule has 10 heteroatoms. The second kappa shape index (κ2) is 10.4. The maximum absolute atomic E-state index is 13.1. The maximum atomic E-state index is 13.1. The van der Waals surface area contributed by atoms with Crippen LogP contribution < -0.4 is 10.6 Å². The highest BCUT2D eigenvalue weighted by atomic mass is 32.1. The molecule has 1 unspecified atom stereocenters. The Balaban J connectivity index is 1.16. The van der Waals surface area contributed by atoms with Gasteiger partial charge in [0.15, 0.2) is 5.13 Å². The van der Waals surface area contributed by atoms with Crippen molar-refractivity contribution >= 4 is 34.4 Å². The van der Waals surface area contributed by atoms with E-state index in [9.17, 15) is 18.8 Å². The number of benzene rings is 2. The monoisotopic (exact) mass is 508 g/mol. The molecule has 2 aliphatic rings. The van der Waals surface area contributed by atoms with Gasteiger partial charge in [0, 0.05) is 29.1 Å². The van der Waals surface area contributed by atoms with Gasteiger partial charge in [-0.25, -0.2) is 14.2 Å². The van der Waals surface area contributed by atoms with Crippen molar-refractivity contribution in [2.75, 3.05) is 11.9 Å². The predicted molar refractivity (Wildman–Crippen MR) is 133 cm³/mol. The molecular weight excluding hydrogens is 483 g/mol. The van der Waals surface area contributed by atoms with Gasteiger partial charge >= 0.3 is 6.09 Å². The molecule has 1 aliphatic heterocycles. The third-order valence-corrected chi connectivity index (χ3v) is 6.91. The largest absolute Gasteiger partial charge is 0.445 e. The number of hydrogen-bond donors (Lipinski definition) is 2. The molecule has 1 aromatic heterocycles. The number of halogens is 1. The molecule has 2 aromatic carbocycles. The summed E-state index contributed by atoms with van der Waals surface area (Å²) < 4.78 is 18.4. The number of hydrogen-bond acceptors (Lipinski definition) is 6. The zero-order valence-corrected chi connectivity index (χ0v) is 20.2. The van der Waals surface area contributed by atoms with Crippen molar-refractivity contribution in [3.05, 3.63) is 70.9 Å². The van der Waals surface area contributed by atoms with E-state index in [4.69, 9.17) is 4.74 Å². The predicted octanol–water partition coefficient (Wildman–Crippen LogP) is 4.58. The molecule has 2 N–H and O–H groups in total. The van der Waals surface area contributed by atoms with Crippen molar-refractivity contribution in [1.29, 1.82) is 0 Å². The summed E-state index contributed by atoms with van der Waals surface area (Å²) in [5.74, 6) is -0.758. The maximum Gasteiger partial charge on any atom is 0.410 e. The average Bonchev–Trinajstić information content (AvgIpc) is 3.36. The van der Waals surface area contributed by atoms with Crippen LogP contribution in [0.5, 0.6) is 0 Å². The standard InChI is InChI=1S/C26H25FN4O4S/c27-19-9-3-16(4-10-19)14-35-26(34)31-13-1-2-22(31)24(33)30-25-29-21(15-36-25)17-5-7-18(8-6-17)23(32)28-20-11-12-20/h3-10,15,20,22H,1-2,11-14H2,(H,28,32)(H,29,30,33). The fourth-order valence-corrected chi connectivity index (χ4v) is 4.73. The van der Waals surface area contributed by atoms with Gasteiger partial charge in [-0.3, -0.25) is 14.5 Å². The van der Waals surface area contributed by atoms with Crippen LogP contribution in [0.25, 0.3) is 11.3 Å². The molecule has 3 amide bonds. The number of nitrogens with one attached hydrogen (secondary N) is 2. The highest BCUT2D eigenvalue weighted by Gasteiger charge is 2.35. The van der Waals surface area contributed by atoms with E-state index in [0.717, 1.165) is 18.4 Å². The molecular formula is C26H25FN4O4S. The molecule has 36 heavy (non-hydrogen) atoms. The van der Waals surface area contributed by atoms with Gasteiger partial charge in [0.2, 0.25) is 5.91 Å². The summed E-state index contributed by atoms with van der Waals surface area (Å²) in [5, 5.41) is 8.03. The summed E-state index contributed by atoms with van der Waals surface area (Å²) >= 11 is 1.29. The molecule has 2 heterocycles. The van der Waals surface area contributed by atoms with Crippen molar-refractivity contribution in [2.45, 2.75) is 44.4 Å². The van der Waals surface area contributed by atoms with Gasteiger partial charge in [0.05, 0.1) is 5.69 Å². The molecule has 0 bridgehead atoms. The number of aromatic nitrogens is 1. The van der Waals surface area contributed by atoms with E-state index in [1.54, 1.807) is 24.3 Å². The number of thiazole rings is 1. The minimum absolute atomic E-state index is 0.000817. The van der Waals surface area contributed by atoms with E-state index < -0.39 is 12.1 Å². The van der Waals surface area contributed by atoms with Crippen LogP contribution in [0, 0.1) is 5.82 Å². The first-order valence-electron chi connectivity index (χ1n) is 11.8. The second-order valence-electron chi connectivity index (χ2n) is 8.88. The van der Waals surface area contributed by atoms with Crippen molar-refractivity contribution in [3.63, 3.8) is 0 Å². The lowest BCUT2D eigenvalue weighted by molar-refractivity contribution is -0.120. The zero-order chi connectivity index (χ0) is 25.1. The van der Waals surface area contributed by atoms with Gasteiger partial charge < -0.3 is 15.4 Å². The first-order valence-corrected chi connectivity index (χ1v) is 12.7. The summed E-state index contributed by atoms with van der Waals surface area (Å²) in [6.45, 7) is 0.422. The lowest BCUT2D eigenvalue weighted by Crippen LogP contribution is -2.43. The van der Waals surface area contributed by atoms with Crippen molar-refractivity contribution < 1.29 is 23.5 Å². The van der Waals surface area contributed by atoms with E-state index in [-0.39, 0.29) is 24.2 Å². The Morgan fingerprint density at radius 2 is 1.81 bits per heavy atom. The second-order valence-corrected chi connectivity index (χ2v) is 9.74. The highest BCUT2D eigenvalue weighted by Crippen LogP contribution is 2.27. The smallest absolute Gasteiger partial charge is 0.410 e. The lowest BCUT2D eigenvalue weighted by atomic mass is 10.1. The summed E-state index contributed by atoms with van der Waals surface area (Å²) in [4.78, 5) is 43.6. The SMILES string of the molecule is O=C(NC1CC1)c1ccc(-c2csc(NC(=O)C3CCCN3C(=O)OCc3ccc(F)cc3)n2)cc1. The number of likely N-dealkylation sites (tertiary alicyclic amines) is 1. The van der Waals surface area contributed by atoms with Gasteiger partial charge in [-0.1, -0.05) is 24.3 Å². The van der Waals surface area contributed by atoms with Gasteiger partial charge in [-0.2, -0.15) is 0 Å². The van der Waals surface area contributed by atoms with Crippen LogP contribution in [0.3, 0.4) is 0 Å². The average molecular weight is 509 g/mol. The Bertz CT molecular complexity index is 1260. The van der Waals surface area contributed by atoms with Gasteiger partial charge in [-0.15, -0.1) is 11.3 Å². The van der Waals surface area contributed by atoms with Crippen molar-refractivity contribution in [2.24, 2.45) is 0 Å². The Hall–Kier alpha value is -3.79. The number of rotatable bonds is 7. The van der Waals surface area contributed by atoms with Crippen LogP contribution in [0.4, 0.5) is 14.3 Å². The summed E-state index contributed by atoms with van der Waals surface area (Å²) in [6, 6.07) is 12.5. The number of anilines is 1. The van der Waals surface area contributed by atoms with E-state index in [2.05, 4.69) is 15.6 Å². The van der Waals surface area contributed by atoms with Gasteiger partial charge in [-0.05, 0) is 55.5 Å².